The molecule has 0 radical (unpaired) electrons. The molecule has 0 aliphatic rings. The molecule has 0 saturated carbocycles. The minimum Gasteiger partial charge on any atom is -0.483 e. The van der Waals surface area contributed by atoms with Gasteiger partial charge in [0.1, 0.15) is 17.2 Å². The number of carbonyl (C=O) groups excluding carboxylic acids is 1. The molecule has 0 bridgehead atoms. The number of furan rings is 1. The molecule has 1 aromatic carbocycles. The third kappa shape index (κ3) is 4.96. The van der Waals surface area contributed by atoms with E-state index >= 15 is 0 Å². The van der Waals surface area contributed by atoms with Crippen LogP contribution in [0.3, 0.4) is 0 Å². The summed E-state index contributed by atoms with van der Waals surface area (Å²) in [5.41, 5.74) is 4.23. The van der Waals surface area contributed by atoms with E-state index in [-0.39, 0.29) is 12.5 Å². The number of hydrazone groups is 1. The number of benzene rings is 1. The van der Waals surface area contributed by atoms with E-state index in [4.69, 9.17) is 9.15 Å². The first-order valence-corrected chi connectivity index (χ1v) is 8.06. The molecule has 6 heteroatoms. The van der Waals surface area contributed by atoms with Crippen molar-refractivity contribution in [2.45, 2.75) is 26.7 Å². The van der Waals surface area contributed by atoms with Gasteiger partial charge in [0.05, 0.1) is 10.7 Å². The third-order valence-corrected chi connectivity index (χ3v) is 3.83. The fourth-order valence-corrected chi connectivity index (χ4v) is 2.37. The van der Waals surface area contributed by atoms with Crippen LogP contribution < -0.4 is 10.2 Å². The molecular formula is C17H19BrN2O3. The van der Waals surface area contributed by atoms with E-state index in [1.165, 1.54) is 5.56 Å². The maximum absolute atomic E-state index is 11.8. The zero-order chi connectivity index (χ0) is 16.8. The van der Waals surface area contributed by atoms with Crippen LogP contribution in [-0.2, 0) is 4.79 Å². The molecule has 1 aromatic heterocycles. The molecule has 0 atom stereocenters. The largest absolute Gasteiger partial charge is 0.483 e. The number of rotatable bonds is 6. The first kappa shape index (κ1) is 17.3. The summed E-state index contributed by atoms with van der Waals surface area (Å²) in [5.74, 6) is 1.33. The Morgan fingerprint density at radius 1 is 1.39 bits per heavy atom. The van der Waals surface area contributed by atoms with Gasteiger partial charge in [-0.15, -0.1) is 0 Å². The minimum absolute atomic E-state index is 0.117. The molecular weight excluding hydrogens is 360 g/mol. The van der Waals surface area contributed by atoms with Crippen LogP contribution >= 0.6 is 15.9 Å². The van der Waals surface area contributed by atoms with Crippen molar-refractivity contribution < 1.29 is 13.9 Å². The van der Waals surface area contributed by atoms with Gasteiger partial charge < -0.3 is 9.15 Å². The van der Waals surface area contributed by atoms with Crippen molar-refractivity contribution in [1.82, 2.24) is 5.43 Å². The Hall–Kier alpha value is -2.08. The van der Waals surface area contributed by atoms with Crippen molar-refractivity contribution in [1.29, 1.82) is 0 Å². The Labute approximate surface area is 143 Å². The molecule has 122 valence electrons. The van der Waals surface area contributed by atoms with Gasteiger partial charge in [-0.1, -0.05) is 19.9 Å². The second-order valence-electron chi connectivity index (χ2n) is 5.34. The summed E-state index contributed by atoms with van der Waals surface area (Å²) in [6.07, 6.45) is 1.55. The van der Waals surface area contributed by atoms with Crippen molar-refractivity contribution in [2.75, 3.05) is 6.61 Å². The van der Waals surface area contributed by atoms with E-state index in [9.17, 15) is 4.79 Å². The summed E-state index contributed by atoms with van der Waals surface area (Å²) < 4.78 is 11.5. The Kier molecular flexibility index (Phi) is 5.98. The number of halogens is 1. The molecule has 2 aromatic rings. The van der Waals surface area contributed by atoms with Crippen LogP contribution in [0.15, 0.2) is 50.6 Å². The zero-order valence-corrected chi connectivity index (χ0v) is 14.9. The topological polar surface area (TPSA) is 63.8 Å². The number of hydrogen-bond acceptors (Lipinski definition) is 4. The highest BCUT2D eigenvalue weighted by Crippen LogP contribution is 2.28. The summed E-state index contributed by atoms with van der Waals surface area (Å²) >= 11 is 3.46. The standard InChI is InChI=1S/C17H19BrN2O3/c1-11(2)13-6-7-16(14(18)9-13)23-10-17(21)20-19-12(3)15-5-4-8-22-15/h4-9,11H,10H2,1-3H3,(H,20,21). The Bertz CT molecular complexity index is 694. The highest BCUT2D eigenvalue weighted by molar-refractivity contribution is 9.10. The number of nitrogens with zero attached hydrogens (tertiary/aromatic N) is 1. The van der Waals surface area contributed by atoms with E-state index in [2.05, 4.69) is 40.3 Å². The quantitative estimate of drug-likeness (QED) is 0.608. The highest BCUT2D eigenvalue weighted by Gasteiger charge is 2.08. The molecule has 0 spiro atoms. The predicted molar refractivity (Wildman–Crippen MR) is 92.8 cm³/mol. The van der Waals surface area contributed by atoms with E-state index < -0.39 is 0 Å². The molecule has 0 aliphatic carbocycles. The fraction of sp³-hybridized carbons (Fsp3) is 0.294. The van der Waals surface area contributed by atoms with Crippen LogP contribution in [0.2, 0.25) is 0 Å². The zero-order valence-electron chi connectivity index (χ0n) is 13.3. The van der Waals surface area contributed by atoms with Gasteiger partial charge in [0, 0.05) is 0 Å². The van der Waals surface area contributed by atoms with E-state index in [1.54, 1.807) is 25.3 Å². The lowest BCUT2D eigenvalue weighted by molar-refractivity contribution is -0.123. The second kappa shape index (κ2) is 7.97. The van der Waals surface area contributed by atoms with Gasteiger partial charge in [-0.25, -0.2) is 5.43 Å². The smallest absolute Gasteiger partial charge is 0.277 e. The molecule has 2 rings (SSSR count). The third-order valence-electron chi connectivity index (χ3n) is 3.21. The SMILES string of the molecule is CC(=NNC(=O)COc1ccc(C(C)C)cc1Br)c1ccco1. The van der Waals surface area contributed by atoms with Gasteiger partial charge in [0.15, 0.2) is 6.61 Å². The molecule has 0 aliphatic heterocycles. The lowest BCUT2D eigenvalue weighted by atomic mass is 10.0. The van der Waals surface area contributed by atoms with Crippen molar-refractivity contribution in [3.8, 4) is 5.75 Å². The first-order valence-electron chi connectivity index (χ1n) is 7.26. The van der Waals surface area contributed by atoms with Crippen molar-refractivity contribution in [3.05, 3.63) is 52.4 Å². The molecule has 1 N–H and O–H groups in total. The molecule has 5 nitrogen and oxygen atoms in total. The molecule has 0 fully saturated rings. The van der Waals surface area contributed by atoms with E-state index in [0.717, 1.165) is 4.47 Å². The predicted octanol–water partition coefficient (Wildman–Crippen LogP) is 4.08. The van der Waals surface area contributed by atoms with Gasteiger partial charge in [0.25, 0.3) is 5.91 Å². The number of carbonyl (C=O) groups is 1. The van der Waals surface area contributed by atoms with Crippen molar-refractivity contribution in [3.63, 3.8) is 0 Å². The average molecular weight is 379 g/mol. The summed E-state index contributed by atoms with van der Waals surface area (Å²) in [7, 11) is 0. The maximum Gasteiger partial charge on any atom is 0.277 e. The average Bonchev–Trinajstić information content (AvgIpc) is 3.05. The van der Waals surface area contributed by atoms with Crippen LogP contribution in [0.25, 0.3) is 0 Å². The van der Waals surface area contributed by atoms with E-state index in [1.807, 2.05) is 18.2 Å². The van der Waals surface area contributed by atoms with Crippen LogP contribution in [-0.4, -0.2) is 18.2 Å². The van der Waals surface area contributed by atoms with Gasteiger partial charge in [0.2, 0.25) is 0 Å². The fourth-order valence-electron chi connectivity index (χ4n) is 1.85. The van der Waals surface area contributed by atoms with Crippen molar-refractivity contribution in [2.24, 2.45) is 5.10 Å². The lowest BCUT2D eigenvalue weighted by Crippen LogP contribution is -2.25. The van der Waals surface area contributed by atoms with Gasteiger partial charge in [-0.05, 0) is 58.6 Å². The number of hydrogen-bond donors (Lipinski definition) is 1. The monoisotopic (exact) mass is 378 g/mol. The summed E-state index contributed by atoms with van der Waals surface area (Å²) in [6, 6.07) is 9.37. The van der Waals surface area contributed by atoms with Crippen LogP contribution in [0.5, 0.6) is 5.75 Å². The first-order chi connectivity index (χ1) is 11.0. The maximum atomic E-state index is 11.8. The minimum atomic E-state index is -0.337. The molecule has 1 heterocycles. The summed E-state index contributed by atoms with van der Waals surface area (Å²) in [5, 5.41) is 3.97. The van der Waals surface area contributed by atoms with Crippen LogP contribution in [0.4, 0.5) is 0 Å². The molecule has 0 saturated heterocycles. The van der Waals surface area contributed by atoms with Gasteiger partial charge in [-0.2, -0.15) is 5.10 Å². The molecule has 0 unspecified atom stereocenters. The van der Waals surface area contributed by atoms with Crippen LogP contribution in [0, 0.1) is 0 Å². The number of nitrogens with one attached hydrogen (secondary N) is 1. The Morgan fingerprint density at radius 2 is 2.17 bits per heavy atom. The number of amides is 1. The second-order valence-corrected chi connectivity index (χ2v) is 6.20. The number of ether oxygens (including phenoxy) is 1. The lowest BCUT2D eigenvalue weighted by Gasteiger charge is -2.11. The van der Waals surface area contributed by atoms with E-state index in [0.29, 0.717) is 23.1 Å². The summed E-state index contributed by atoms with van der Waals surface area (Å²) in [6.45, 7) is 5.87. The van der Waals surface area contributed by atoms with Crippen LogP contribution in [0.1, 0.15) is 38.0 Å². The Balaban J connectivity index is 1.88. The Morgan fingerprint density at radius 3 is 2.78 bits per heavy atom. The summed E-state index contributed by atoms with van der Waals surface area (Å²) in [4.78, 5) is 11.8. The van der Waals surface area contributed by atoms with Gasteiger partial charge in [-0.3, -0.25) is 4.79 Å². The van der Waals surface area contributed by atoms with Crippen molar-refractivity contribution >= 4 is 27.5 Å². The molecule has 1 amide bonds. The highest BCUT2D eigenvalue weighted by atomic mass is 79.9. The normalized spacial score (nSPS) is 11.6. The molecule has 23 heavy (non-hydrogen) atoms. The van der Waals surface area contributed by atoms with Gasteiger partial charge >= 0.3 is 0 Å².